The highest BCUT2D eigenvalue weighted by atomic mass is 14.8. The highest BCUT2D eigenvalue weighted by molar-refractivity contribution is 5.92. The van der Waals surface area contributed by atoms with Gasteiger partial charge in [0.1, 0.15) is 5.82 Å². The molecule has 0 unspecified atom stereocenters. The first-order valence-electron chi connectivity index (χ1n) is 5.67. The SMILES string of the molecule is Cc1cc(-c2cc3ccnc(N)c3cn2)ccn1. The Labute approximate surface area is 105 Å². The second kappa shape index (κ2) is 4.07. The largest absolute Gasteiger partial charge is 0.383 e. The van der Waals surface area contributed by atoms with Crippen molar-refractivity contribution >= 4 is 16.6 Å². The lowest BCUT2D eigenvalue weighted by Gasteiger charge is -2.05. The third-order valence-electron chi connectivity index (χ3n) is 2.87. The Morgan fingerprint density at radius 3 is 2.67 bits per heavy atom. The minimum Gasteiger partial charge on any atom is -0.383 e. The Morgan fingerprint density at radius 2 is 1.83 bits per heavy atom. The van der Waals surface area contributed by atoms with Crippen LogP contribution in [0.3, 0.4) is 0 Å². The summed E-state index contributed by atoms with van der Waals surface area (Å²) in [5.41, 5.74) is 8.75. The zero-order valence-corrected chi connectivity index (χ0v) is 9.96. The van der Waals surface area contributed by atoms with E-state index in [4.69, 9.17) is 5.73 Å². The number of aryl methyl sites for hydroxylation is 1. The Bertz CT molecular complexity index is 722. The second-order valence-electron chi connectivity index (χ2n) is 4.17. The molecule has 0 amide bonds. The maximum atomic E-state index is 5.81. The lowest BCUT2D eigenvalue weighted by atomic mass is 10.1. The third kappa shape index (κ3) is 1.78. The van der Waals surface area contributed by atoms with Gasteiger partial charge in [-0.3, -0.25) is 9.97 Å². The summed E-state index contributed by atoms with van der Waals surface area (Å²) in [5, 5.41) is 1.92. The summed E-state index contributed by atoms with van der Waals surface area (Å²) < 4.78 is 0. The lowest BCUT2D eigenvalue weighted by molar-refractivity contribution is 1.19. The summed E-state index contributed by atoms with van der Waals surface area (Å²) in [7, 11) is 0. The molecule has 2 N–H and O–H groups in total. The number of hydrogen-bond donors (Lipinski definition) is 1. The van der Waals surface area contributed by atoms with Gasteiger partial charge in [-0.2, -0.15) is 0 Å². The molecular formula is C14H12N4. The van der Waals surface area contributed by atoms with Gasteiger partial charge >= 0.3 is 0 Å². The molecule has 0 bridgehead atoms. The van der Waals surface area contributed by atoms with Crippen LogP contribution in [0, 0.1) is 6.92 Å². The number of rotatable bonds is 1. The number of nitrogen functional groups attached to an aromatic ring is 1. The predicted molar refractivity (Wildman–Crippen MR) is 71.9 cm³/mol. The molecular weight excluding hydrogens is 224 g/mol. The van der Waals surface area contributed by atoms with E-state index in [1.54, 1.807) is 18.6 Å². The molecule has 0 atom stereocenters. The number of nitrogens with two attached hydrogens (primary N) is 1. The van der Waals surface area contributed by atoms with Crippen molar-refractivity contribution in [2.24, 2.45) is 0 Å². The molecule has 0 aromatic carbocycles. The molecule has 0 aliphatic heterocycles. The summed E-state index contributed by atoms with van der Waals surface area (Å²) in [5.74, 6) is 0.512. The standard InChI is InChI=1S/C14H12N4/c1-9-6-11(3-4-16-9)13-7-10-2-5-17-14(15)12(10)8-18-13/h2-8H,1H3,(H2,15,17). The van der Waals surface area contributed by atoms with Crippen molar-refractivity contribution in [2.75, 3.05) is 5.73 Å². The number of pyridine rings is 3. The van der Waals surface area contributed by atoms with Crippen LogP contribution < -0.4 is 5.73 Å². The molecule has 0 fully saturated rings. The van der Waals surface area contributed by atoms with E-state index in [0.717, 1.165) is 27.7 Å². The van der Waals surface area contributed by atoms with Crippen molar-refractivity contribution in [3.05, 3.63) is 48.5 Å². The molecule has 3 heterocycles. The molecule has 0 saturated heterocycles. The number of hydrogen-bond acceptors (Lipinski definition) is 4. The Kier molecular flexibility index (Phi) is 2.41. The van der Waals surface area contributed by atoms with Crippen LogP contribution in [0.25, 0.3) is 22.0 Å². The highest BCUT2D eigenvalue weighted by Crippen LogP contribution is 2.23. The van der Waals surface area contributed by atoms with Gasteiger partial charge in [-0.05, 0) is 36.6 Å². The number of fused-ring (bicyclic) bond motifs is 1. The fraction of sp³-hybridized carbons (Fsp3) is 0.0714. The molecule has 4 nitrogen and oxygen atoms in total. The Balaban J connectivity index is 2.20. The van der Waals surface area contributed by atoms with Crippen LogP contribution in [0.1, 0.15) is 5.69 Å². The molecule has 0 saturated carbocycles. The molecule has 3 aromatic rings. The Morgan fingerprint density at radius 1 is 1.00 bits per heavy atom. The van der Waals surface area contributed by atoms with Crippen LogP contribution in [0.5, 0.6) is 0 Å². The molecule has 0 spiro atoms. The van der Waals surface area contributed by atoms with Gasteiger partial charge in [0.05, 0.1) is 5.69 Å². The van der Waals surface area contributed by atoms with Gasteiger partial charge in [-0.15, -0.1) is 0 Å². The third-order valence-corrected chi connectivity index (χ3v) is 2.87. The quantitative estimate of drug-likeness (QED) is 0.705. The van der Waals surface area contributed by atoms with E-state index in [1.807, 2.05) is 31.2 Å². The zero-order valence-electron chi connectivity index (χ0n) is 9.96. The number of anilines is 1. The molecule has 0 aliphatic carbocycles. The summed E-state index contributed by atoms with van der Waals surface area (Å²) in [6.45, 7) is 1.96. The second-order valence-corrected chi connectivity index (χ2v) is 4.17. The van der Waals surface area contributed by atoms with Gasteiger partial charge in [0.2, 0.25) is 0 Å². The smallest absolute Gasteiger partial charge is 0.132 e. The normalized spacial score (nSPS) is 10.7. The van der Waals surface area contributed by atoms with Crippen LogP contribution in [0.15, 0.2) is 42.9 Å². The average Bonchev–Trinajstić information content (AvgIpc) is 2.39. The van der Waals surface area contributed by atoms with Gasteiger partial charge in [-0.25, -0.2) is 4.98 Å². The fourth-order valence-electron chi connectivity index (χ4n) is 1.95. The van der Waals surface area contributed by atoms with Gasteiger partial charge < -0.3 is 5.73 Å². The topological polar surface area (TPSA) is 64.7 Å². The van der Waals surface area contributed by atoms with Crippen molar-refractivity contribution in [3.8, 4) is 11.3 Å². The van der Waals surface area contributed by atoms with Gasteiger partial charge in [0.15, 0.2) is 0 Å². The molecule has 0 radical (unpaired) electrons. The number of aromatic nitrogens is 3. The maximum Gasteiger partial charge on any atom is 0.132 e. The first-order chi connectivity index (χ1) is 8.74. The van der Waals surface area contributed by atoms with Crippen molar-refractivity contribution < 1.29 is 0 Å². The summed E-state index contributed by atoms with van der Waals surface area (Å²) in [6, 6.07) is 7.91. The minimum absolute atomic E-state index is 0.512. The molecule has 3 rings (SSSR count). The van der Waals surface area contributed by atoms with Crippen LogP contribution in [0.4, 0.5) is 5.82 Å². The van der Waals surface area contributed by atoms with Crippen LogP contribution >= 0.6 is 0 Å². The van der Waals surface area contributed by atoms with Crippen molar-refractivity contribution in [1.29, 1.82) is 0 Å². The van der Waals surface area contributed by atoms with E-state index in [2.05, 4.69) is 15.0 Å². The maximum absolute atomic E-state index is 5.81. The highest BCUT2D eigenvalue weighted by Gasteiger charge is 2.04. The van der Waals surface area contributed by atoms with Gasteiger partial charge in [0.25, 0.3) is 0 Å². The average molecular weight is 236 g/mol. The van der Waals surface area contributed by atoms with E-state index < -0.39 is 0 Å². The van der Waals surface area contributed by atoms with Gasteiger partial charge in [0, 0.05) is 35.2 Å². The van der Waals surface area contributed by atoms with E-state index in [-0.39, 0.29) is 0 Å². The molecule has 0 aliphatic rings. The zero-order chi connectivity index (χ0) is 12.5. The predicted octanol–water partition coefficient (Wildman–Crippen LogP) is 2.58. The van der Waals surface area contributed by atoms with Crippen LogP contribution in [0.2, 0.25) is 0 Å². The first-order valence-corrected chi connectivity index (χ1v) is 5.67. The summed E-state index contributed by atoms with van der Waals surface area (Å²) in [6.07, 6.45) is 5.26. The lowest BCUT2D eigenvalue weighted by Crippen LogP contribution is -1.93. The molecule has 3 aromatic heterocycles. The van der Waals surface area contributed by atoms with Crippen LogP contribution in [-0.4, -0.2) is 15.0 Å². The van der Waals surface area contributed by atoms with Crippen molar-refractivity contribution in [2.45, 2.75) is 6.92 Å². The molecule has 88 valence electrons. The minimum atomic E-state index is 0.512. The number of nitrogens with zero attached hydrogens (tertiary/aromatic N) is 3. The van der Waals surface area contributed by atoms with E-state index in [1.165, 1.54) is 0 Å². The first kappa shape index (κ1) is 10.7. The van der Waals surface area contributed by atoms with Crippen LogP contribution in [-0.2, 0) is 0 Å². The van der Waals surface area contributed by atoms with E-state index in [9.17, 15) is 0 Å². The molecule has 18 heavy (non-hydrogen) atoms. The van der Waals surface area contributed by atoms with Crippen molar-refractivity contribution in [3.63, 3.8) is 0 Å². The van der Waals surface area contributed by atoms with Crippen molar-refractivity contribution in [1.82, 2.24) is 15.0 Å². The fourth-order valence-corrected chi connectivity index (χ4v) is 1.95. The monoisotopic (exact) mass is 236 g/mol. The van der Waals surface area contributed by atoms with E-state index >= 15 is 0 Å². The van der Waals surface area contributed by atoms with Gasteiger partial charge in [-0.1, -0.05) is 0 Å². The molecule has 4 heteroatoms. The summed E-state index contributed by atoms with van der Waals surface area (Å²) in [4.78, 5) is 12.7. The summed E-state index contributed by atoms with van der Waals surface area (Å²) >= 11 is 0. The van der Waals surface area contributed by atoms with E-state index in [0.29, 0.717) is 5.82 Å². The Hall–Kier alpha value is -2.49.